The molecule has 0 aromatic heterocycles. The second-order valence-corrected chi connectivity index (χ2v) is 7.11. The number of hydrogen-bond acceptors (Lipinski definition) is 3. The number of amides is 2. The summed E-state index contributed by atoms with van der Waals surface area (Å²) in [6.45, 7) is 0.757. The van der Waals surface area contributed by atoms with E-state index in [2.05, 4.69) is 11.6 Å². The number of hydrogen-bond donors (Lipinski definition) is 2. The highest BCUT2D eigenvalue weighted by atomic mass is 32.2. The number of urea groups is 1. The smallest absolute Gasteiger partial charge is 0.317 e. The number of piperidine rings is 1. The van der Waals surface area contributed by atoms with Gasteiger partial charge in [-0.1, -0.05) is 6.42 Å². The van der Waals surface area contributed by atoms with Crippen LogP contribution in [0.5, 0.6) is 0 Å². The molecule has 3 unspecified atom stereocenters. The molecule has 0 bridgehead atoms. The highest BCUT2D eigenvalue weighted by Crippen LogP contribution is 2.29. The van der Waals surface area contributed by atoms with E-state index in [1.807, 2.05) is 16.7 Å². The molecule has 1 heterocycles. The summed E-state index contributed by atoms with van der Waals surface area (Å²) in [7, 11) is 0. The van der Waals surface area contributed by atoms with Gasteiger partial charge in [0.05, 0.1) is 0 Å². The number of carboxylic acid groups (broad SMARTS) is 1. The van der Waals surface area contributed by atoms with E-state index < -0.39 is 5.97 Å². The highest BCUT2D eigenvalue weighted by molar-refractivity contribution is 7.99. The largest absolute Gasteiger partial charge is 0.481 e. The summed E-state index contributed by atoms with van der Waals surface area (Å²) in [5, 5.41) is 12.6. The predicted molar refractivity (Wildman–Crippen MR) is 84.7 cm³/mol. The summed E-state index contributed by atoms with van der Waals surface area (Å²) in [5.74, 6) is -0.779. The van der Waals surface area contributed by atoms with Gasteiger partial charge < -0.3 is 15.3 Å². The summed E-state index contributed by atoms with van der Waals surface area (Å²) in [4.78, 5) is 25.2. The summed E-state index contributed by atoms with van der Waals surface area (Å²) in [5.41, 5.74) is 0. The second-order valence-electron chi connectivity index (χ2n) is 6.04. The van der Waals surface area contributed by atoms with Crippen molar-refractivity contribution < 1.29 is 14.7 Å². The number of thioether (sulfide) groups is 1. The van der Waals surface area contributed by atoms with Crippen molar-refractivity contribution in [2.75, 3.05) is 12.8 Å². The third kappa shape index (κ3) is 4.53. The first-order chi connectivity index (χ1) is 10.1. The Kier molecular flexibility index (Phi) is 6.21. The Morgan fingerprint density at radius 3 is 2.76 bits per heavy atom. The Morgan fingerprint density at radius 1 is 1.24 bits per heavy atom. The van der Waals surface area contributed by atoms with Gasteiger partial charge in [-0.15, -0.1) is 0 Å². The molecule has 2 N–H and O–H groups in total. The van der Waals surface area contributed by atoms with Gasteiger partial charge in [0.15, 0.2) is 0 Å². The van der Waals surface area contributed by atoms with E-state index in [1.54, 1.807) is 0 Å². The summed E-state index contributed by atoms with van der Waals surface area (Å²) < 4.78 is 0. The quantitative estimate of drug-likeness (QED) is 0.818. The maximum atomic E-state index is 12.5. The Morgan fingerprint density at radius 2 is 2.05 bits per heavy atom. The van der Waals surface area contributed by atoms with Crippen LogP contribution in [0.25, 0.3) is 0 Å². The van der Waals surface area contributed by atoms with E-state index in [1.165, 1.54) is 12.8 Å². The Bertz CT molecular complexity index is 378. The van der Waals surface area contributed by atoms with Crippen LogP contribution in [-0.2, 0) is 4.79 Å². The van der Waals surface area contributed by atoms with Gasteiger partial charge in [-0.25, -0.2) is 4.79 Å². The average Bonchev–Trinajstić information content (AvgIpc) is 2.92. The fraction of sp³-hybridized carbons (Fsp3) is 0.867. The van der Waals surface area contributed by atoms with Crippen LogP contribution in [0.2, 0.25) is 0 Å². The molecule has 6 heteroatoms. The molecule has 21 heavy (non-hydrogen) atoms. The van der Waals surface area contributed by atoms with Crippen molar-refractivity contribution in [2.45, 2.75) is 68.7 Å². The zero-order valence-electron chi connectivity index (χ0n) is 12.7. The number of aliphatic carboxylic acids is 1. The van der Waals surface area contributed by atoms with Gasteiger partial charge in [-0.3, -0.25) is 4.79 Å². The van der Waals surface area contributed by atoms with Gasteiger partial charge in [0.2, 0.25) is 0 Å². The van der Waals surface area contributed by atoms with Crippen molar-refractivity contribution >= 4 is 23.8 Å². The lowest BCUT2D eigenvalue weighted by Gasteiger charge is -2.36. The van der Waals surface area contributed by atoms with Crippen molar-refractivity contribution in [1.82, 2.24) is 10.2 Å². The Labute approximate surface area is 130 Å². The molecule has 1 saturated carbocycles. The Balaban J connectivity index is 1.90. The number of nitrogens with one attached hydrogen (secondary N) is 1. The topological polar surface area (TPSA) is 69.6 Å². The van der Waals surface area contributed by atoms with Crippen LogP contribution in [0, 0.1) is 0 Å². The Hall–Kier alpha value is -0.910. The molecular weight excluding hydrogens is 288 g/mol. The van der Waals surface area contributed by atoms with Crippen molar-refractivity contribution in [3.63, 3.8) is 0 Å². The van der Waals surface area contributed by atoms with Crippen LogP contribution < -0.4 is 5.32 Å². The molecule has 120 valence electrons. The molecule has 0 aromatic rings. The minimum absolute atomic E-state index is 0.0102. The van der Waals surface area contributed by atoms with Gasteiger partial charge in [-0.05, 0) is 44.8 Å². The molecule has 0 aromatic carbocycles. The van der Waals surface area contributed by atoms with Crippen molar-refractivity contribution in [2.24, 2.45) is 0 Å². The molecular formula is C15H26N2O3S. The van der Waals surface area contributed by atoms with Crippen LogP contribution in [-0.4, -0.2) is 52.1 Å². The van der Waals surface area contributed by atoms with Gasteiger partial charge in [0.25, 0.3) is 0 Å². The highest BCUT2D eigenvalue weighted by Gasteiger charge is 2.32. The monoisotopic (exact) mass is 314 g/mol. The van der Waals surface area contributed by atoms with Crippen LogP contribution in [0.15, 0.2) is 0 Å². The number of carbonyl (C=O) groups excluding carboxylic acids is 1. The van der Waals surface area contributed by atoms with Crippen LogP contribution in [0.4, 0.5) is 4.79 Å². The van der Waals surface area contributed by atoms with E-state index in [0.29, 0.717) is 11.7 Å². The second kappa shape index (κ2) is 7.92. The van der Waals surface area contributed by atoms with E-state index in [9.17, 15) is 9.59 Å². The molecule has 2 aliphatic rings. The fourth-order valence-corrected chi connectivity index (χ4v) is 4.41. The third-order valence-corrected chi connectivity index (χ3v) is 5.81. The maximum absolute atomic E-state index is 12.5. The van der Waals surface area contributed by atoms with Gasteiger partial charge in [0.1, 0.15) is 0 Å². The number of carbonyl (C=O) groups is 2. The molecule has 1 aliphatic heterocycles. The molecule has 5 nitrogen and oxygen atoms in total. The number of carboxylic acids is 1. The predicted octanol–water partition coefficient (Wildman–Crippen LogP) is 2.70. The number of rotatable bonds is 5. The van der Waals surface area contributed by atoms with E-state index in [-0.39, 0.29) is 24.5 Å². The zero-order chi connectivity index (χ0) is 15.2. The zero-order valence-corrected chi connectivity index (χ0v) is 13.5. The van der Waals surface area contributed by atoms with E-state index >= 15 is 0 Å². The van der Waals surface area contributed by atoms with Crippen LogP contribution >= 0.6 is 11.8 Å². The van der Waals surface area contributed by atoms with Crippen molar-refractivity contribution in [3.8, 4) is 0 Å². The number of nitrogens with zero attached hydrogens (tertiary/aromatic N) is 1. The fourth-order valence-electron chi connectivity index (χ4n) is 3.47. The van der Waals surface area contributed by atoms with Crippen LogP contribution in [0.1, 0.15) is 51.4 Å². The van der Waals surface area contributed by atoms with Gasteiger partial charge in [-0.2, -0.15) is 11.8 Å². The van der Waals surface area contributed by atoms with Crippen LogP contribution in [0.3, 0.4) is 0 Å². The van der Waals surface area contributed by atoms with E-state index in [0.717, 1.165) is 32.2 Å². The standard InChI is InChI=1S/C15H26N2O3S/c1-21-13-7-4-6-12(13)16-15(20)17-10-3-2-5-11(17)8-9-14(18)19/h11-13H,2-10H2,1H3,(H,16,20)(H,18,19). The molecule has 2 fully saturated rings. The SMILES string of the molecule is CSC1CCCC1NC(=O)N1CCCCC1CCC(=O)O. The lowest BCUT2D eigenvalue weighted by atomic mass is 9.98. The summed E-state index contributed by atoms with van der Waals surface area (Å²) >= 11 is 1.83. The lowest BCUT2D eigenvalue weighted by Crippen LogP contribution is -2.52. The molecule has 0 spiro atoms. The van der Waals surface area contributed by atoms with Crippen molar-refractivity contribution in [3.05, 3.63) is 0 Å². The van der Waals surface area contributed by atoms with Crippen molar-refractivity contribution in [1.29, 1.82) is 0 Å². The van der Waals surface area contributed by atoms with Gasteiger partial charge >= 0.3 is 12.0 Å². The minimum atomic E-state index is -0.779. The minimum Gasteiger partial charge on any atom is -0.481 e. The summed E-state index contributed by atoms with van der Waals surface area (Å²) in [6.07, 6.45) is 9.27. The first kappa shape index (κ1) is 16.5. The van der Waals surface area contributed by atoms with E-state index in [4.69, 9.17) is 5.11 Å². The normalized spacial score (nSPS) is 29.4. The molecule has 3 atom stereocenters. The molecule has 2 amide bonds. The number of likely N-dealkylation sites (tertiary alicyclic amines) is 1. The van der Waals surface area contributed by atoms with Gasteiger partial charge in [0, 0.05) is 30.3 Å². The molecule has 2 rings (SSSR count). The molecule has 1 aliphatic carbocycles. The molecule has 1 saturated heterocycles. The summed E-state index contributed by atoms with van der Waals surface area (Å²) in [6, 6.07) is 0.370. The first-order valence-corrected chi connectivity index (χ1v) is 9.22. The maximum Gasteiger partial charge on any atom is 0.317 e. The average molecular weight is 314 g/mol. The molecule has 0 radical (unpaired) electrons. The lowest BCUT2D eigenvalue weighted by molar-refractivity contribution is -0.137. The first-order valence-electron chi connectivity index (χ1n) is 7.93. The third-order valence-electron chi connectivity index (χ3n) is 4.64.